The van der Waals surface area contributed by atoms with Gasteiger partial charge >= 0.3 is 0 Å². The number of likely N-dealkylation sites (tertiary alicyclic amines) is 1. The SMILES string of the molecule is C[C@]12CN(C3CC3)C[C@@]1(c1ccc(-c3cnc(N)c(-c4cc5c(cc4F)C(=O)NCC5)n3)cc1)C2. The largest absolute Gasteiger partial charge is 0.382 e. The molecule has 7 rings (SSSR count). The number of nitrogen functional groups attached to an aromatic ring is 1. The zero-order valence-corrected chi connectivity index (χ0v) is 19.8. The summed E-state index contributed by atoms with van der Waals surface area (Å²) in [5.41, 5.74) is 11.5. The molecule has 1 saturated heterocycles. The van der Waals surface area contributed by atoms with Crippen molar-refractivity contribution in [2.24, 2.45) is 5.41 Å². The Balaban J connectivity index is 1.21. The van der Waals surface area contributed by atoms with Crippen molar-refractivity contribution >= 4 is 11.7 Å². The molecule has 2 aliphatic heterocycles. The van der Waals surface area contributed by atoms with Crippen LogP contribution in [0.15, 0.2) is 42.6 Å². The first-order chi connectivity index (χ1) is 16.9. The van der Waals surface area contributed by atoms with E-state index in [0.29, 0.717) is 35.3 Å². The van der Waals surface area contributed by atoms with E-state index in [-0.39, 0.29) is 22.7 Å². The average molecular weight is 470 g/mol. The van der Waals surface area contributed by atoms with Crippen molar-refractivity contribution in [1.29, 1.82) is 0 Å². The van der Waals surface area contributed by atoms with Gasteiger partial charge in [0.2, 0.25) is 0 Å². The molecule has 3 heterocycles. The molecule has 3 N–H and O–H groups in total. The van der Waals surface area contributed by atoms with Crippen molar-refractivity contribution in [3.05, 3.63) is 65.1 Å². The number of nitrogens with one attached hydrogen (secondary N) is 1. The lowest BCUT2D eigenvalue weighted by Crippen LogP contribution is -2.32. The minimum absolute atomic E-state index is 0.170. The maximum atomic E-state index is 15.0. The van der Waals surface area contributed by atoms with Gasteiger partial charge in [0.25, 0.3) is 5.91 Å². The van der Waals surface area contributed by atoms with Crippen molar-refractivity contribution in [3.8, 4) is 22.5 Å². The molecule has 1 aromatic heterocycles. The molecule has 3 aromatic rings. The van der Waals surface area contributed by atoms with E-state index in [0.717, 1.165) is 23.7 Å². The molecule has 2 aliphatic carbocycles. The minimum atomic E-state index is -0.525. The first-order valence-corrected chi connectivity index (χ1v) is 12.5. The van der Waals surface area contributed by atoms with Gasteiger partial charge in [0.1, 0.15) is 17.3 Å². The van der Waals surface area contributed by atoms with Gasteiger partial charge in [0, 0.05) is 47.8 Å². The molecular formula is C28H28FN5O. The van der Waals surface area contributed by atoms with Crippen LogP contribution in [0.2, 0.25) is 0 Å². The summed E-state index contributed by atoms with van der Waals surface area (Å²) in [6, 6.07) is 12.4. The predicted octanol–water partition coefficient (Wildman–Crippen LogP) is 3.94. The summed E-state index contributed by atoms with van der Waals surface area (Å²) in [4.78, 5) is 23.8. The van der Waals surface area contributed by atoms with Crippen LogP contribution >= 0.6 is 0 Å². The quantitative estimate of drug-likeness (QED) is 0.605. The summed E-state index contributed by atoms with van der Waals surface area (Å²) in [6.07, 6.45) is 6.23. The van der Waals surface area contributed by atoms with E-state index in [4.69, 9.17) is 10.7 Å². The van der Waals surface area contributed by atoms with Crippen LogP contribution < -0.4 is 11.1 Å². The molecule has 3 fully saturated rings. The number of anilines is 1. The molecule has 6 nitrogen and oxygen atoms in total. The van der Waals surface area contributed by atoms with Crippen molar-refractivity contribution in [1.82, 2.24) is 20.2 Å². The van der Waals surface area contributed by atoms with Crippen molar-refractivity contribution in [3.63, 3.8) is 0 Å². The Morgan fingerprint density at radius 1 is 1.14 bits per heavy atom. The molecule has 0 radical (unpaired) electrons. The highest BCUT2D eigenvalue weighted by molar-refractivity contribution is 5.97. The lowest BCUT2D eigenvalue weighted by Gasteiger charge is -2.20. The number of rotatable bonds is 4. The minimum Gasteiger partial charge on any atom is -0.382 e. The summed E-state index contributed by atoms with van der Waals surface area (Å²) in [5, 5.41) is 2.75. The maximum absolute atomic E-state index is 15.0. The number of carbonyl (C=O) groups excluding carboxylic acids is 1. The van der Waals surface area contributed by atoms with Gasteiger partial charge in [-0.2, -0.15) is 0 Å². The third-order valence-corrected chi connectivity index (χ3v) is 8.72. The number of amides is 1. The Hall–Kier alpha value is -3.32. The van der Waals surface area contributed by atoms with Gasteiger partial charge in [-0.25, -0.2) is 14.4 Å². The highest BCUT2D eigenvalue weighted by Gasteiger charge is 2.70. The number of hydrogen-bond acceptors (Lipinski definition) is 5. The first kappa shape index (κ1) is 21.0. The molecule has 7 heteroatoms. The smallest absolute Gasteiger partial charge is 0.251 e. The van der Waals surface area contributed by atoms with Gasteiger partial charge in [0.05, 0.1) is 11.9 Å². The zero-order valence-electron chi connectivity index (χ0n) is 19.8. The number of carbonyl (C=O) groups is 1. The lowest BCUT2D eigenvalue weighted by molar-refractivity contribution is 0.0945. The second-order valence-electron chi connectivity index (χ2n) is 11.0. The van der Waals surface area contributed by atoms with Gasteiger partial charge in [-0.3, -0.25) is 9.69 Å². The standard InChI is InChI=1S/C28H28FN5O/c1-27-13-28(27,15-34(14-27)19-6-7-19)18-4-2-16(3-5-18)23-12-32-25(30)24(33-23)21-10-17-8-9-31-26(35)20(17)11-22(21)29/h2-5,10-12,19H,6-9,13-15H2,1H3,(H2,30,32)(H,31,35)/t27-,28+/m0/s1. The number of benzene rings is 2. The molecule has 178 valence electrons. The van der Waals surface area contributed by atoms with Crippen LogP contribution in [0.5, 0.6) is 0 Å². The van der Waals surface area contributed by atoms with Crippen LogP contribution in [-0.4, -0.2) is 46.5 Å². The molecule has 0 bridgehead atoms. The van der Waals surface area contributed by atoms with Crippen LogP contribution in [0.3, 0.4) is 0 Å². The Morgan fingerprint density at radius 3 is 2.71 bits per heavy atom. The fourth-order valence-electron chi connectivity index (χ4n) is 6.49. The number of halogens is 1. The zero-order chi connectivity index (χ0) is 23.9. The first-order valence-electron chi connectivity index (χ1n) is 12.5. The Labute approximate surface area is 203 Å². The monoisotopic (exact) mass is 469 g/mol. The van der Waals surface area contributed by atoms with E-state index < -0.39 is 5.82 Å². The number of aromatic nitrogens is 2. The summed E-state index contributed by atoms with van der Waals surface area (Å²) >= 11 is 0. The van der Waals surface area contributed by atoms with Gasteiger partial charge < -0.3 is 11.1 Å². The van der Waals surface area contributed by atoms with E-state index in [1.807, 2.05) is 0 Å². The van der Waals surface area contributed by atoms with E-state index in [2.05, 4.69) is 46.4 Å². The summed E-state index contributed by atoms with van der Waals surface area (Å²) in [5.74, 6) is -0.607. The second kappa shape index (κ2) is 7.10. The number of nitrogens with zero attached hydrogens (tertiary/aromatic N) is 3. The van der Waals surface area contributed by atoms with Crippen LogP contribution in [-0.2, 0) is 11.8 Å². The molecule has 2 saturated carbocycles. The van der Waals surface area contributed by atoms with Gasteiger partial charge in [-0.05, 0) is 54.4 Å². The molecule has 2 atom stereocenters. The average Bonchev–Trinajstić information content (AvgIpc) is 3.76. The molecule has 0 unspecified atom stereocenters. The number of nitrogens with two attached hydrogens (primary N) is 1. The maximum Gasteiger partial charge on any atom is 0.251 e. The van der Waals surface area contributed by atoms with E-state index in [1.165, 1.54) is 37.4 Å². The number of fused-ring (bicyclic) bond motifs is 2. The van der Waals surface area contributed by atoms with Crippen LogP contribution in [0, 0.1) is 11.2 Å². The van der Waals surface area contributed by atoms with Crippen molar-refractivity contribution in [2.75, 3.05) is 25.4 Å². The second-order valence-corrected chi connectivity index (χ2v) is 11.0. The van der Waals surface area contributed by atoms with Crippen LogP contribution in [0.1, 0.15) is 47.7 Å². The number of piperidine rings is 1. The van der Waals surface area contributed by atoms with E-state index >= 15 is 4.39 Å². The fourth-order valence-corrected chi connectivity index (χ4v) is 6.49. The highest BCUT2D eigenvalue weighted by Crippen LogP contribution is 2.69. The summed E-state index contributed by atoms with van der Waals surface area (Å²) in [6.45, 7) is 5.33. The molecular weight excluding hydrogens is 441 g/mol. The third-order valence-electron chi connectivity index (χ3n) is 8.72. The summed E-state index contributed by atoms with van der Waals surface area (Å²) < 4.78 is 15.0. The van der Waals surface area contributed by atoms with Gasteiger partial charge in [-0.15, -0.1) is 0 Å². The summed E-state index contributed by atoms with van der Waals surface area (Å²) in [7, 11) is 0. The van der Waals surface area contributed by atoms with E-state index in [9.17, 15) is 4.79 Å². The molecule has 35 heavy (non-hydrogen) atoms. The fraction of sp³-hybridized carbons (Fsp3) is 0.393. The Morgan fingerprint density at radius 2 is 1.94 bits per heavy atom. The number of hydrogen-bond donors (Lipinski definition) is 2. The third kappa shape index (κ3) is 3.14. The Kier molecular flexibility index (Phi) is 4.26. The van der Waals surface area contributed by atoms with Crippen LogP contribution in [0.4, 0.5) is 10.2 Å². The molecule has 1 amide bonds. The van der Waals surface area contributed by atoms with Crippen LogP contribution in [0.25, 0.3) is 22.5 Å². The van der Waals surface area contributed by atoms with Gasteiger partial charge in [-0.1, -0.05) is 31.2 Å². The topological polar surface area (TPSA) is 84.1 Å². The molecule has 4 aliphatic rings. The molecule has 2 aromatic carbocycles. The molecule has 0 spiro atoms. The normalized spacial score (nSPS) is 27.3. The van der Waals surface area contributed by atoms with Gasteiger partial charge in [0.15, 0.2) is 0 Å². The van der Waals surface area contributed by atoms with E-state index in [1.54, 1.807) is 12.3 Å². The van der Waals surface area contributed by atoms with Crippen molar-refractivity contribution in [2.45, 2.75) is 44.1 Å². The highest BCUT2D eigenvalue weighted by atomic mass is 19.1. The van der Waals surface area contributed by atoms with Crippen molar-refractivity contribution < 1.29 is 9.18 Å². The predicted molar refractivity (Wildman–Crippen MR) is 132 cm³/mol. The lowest BCUT2D eigenvalue weighted by atomic mass is 9.89. The Bertz CT molecular complexity index is 1380.